The third-order valence-electron chi connectivity index (χ3n) is 2.91. The van der Waals surface area contributed by atoms with Crippen LogP contribution in [0, 0.1) is 5.95 Å². The highest BCUT2D eigenvalue weighted by molar-refractivity contribution is 5.46. The van der Waals surface area contributed by atoms with Crippen molar-refractivity contribution in [3.8, 4) is 11.5 Å². The number of halogens is 1. The van der Waals surface area contributed by atoms with Crippen molar-refractivity contribution in [2.24, 2.45) is 0 Å². The predicted octanol–water partition coefficient (Wildman–Crippen LogP) is 2.81. The third-order valence-corrected chi connectivity index (χ3v) is 2.91. The van der Waals surface area contributed by atoms with E-state index in [-0.39, 0.29) is 6.04 Å². The molecule has 6 heteroatoms. The Hall–Kier alpha value is -2.37. The number of aromatic nitrogens is 2. The highest BCUT2D eigenvalue weighted by Crippen LogP contribution is 2.30. The summed E-state index contributed by atoms with van der Waals surface area (Å²) in [6.07, 6.45) is 1.18. The van der Waals surface area contributed by atoms with Crippen molar-refractivity contribution >= 4 is 5.82 Å². The molecule has 1 heterocycles. The molecule has 20 heavy (non-hydrogen) atoms. The number of hydrogen-bond acceptors (Lipinski definition) is 5. The lowest BCUT2D eigenvalue weighted by atomic mass is 10.1. The Morgan fingerprint density at radius 3 is 2.50 bits per heavy atom. The average molecular weight is 277 g/mol. The van der Waals surface area contributed by atoms with Gasteiger partial charge in [-0.2, -0.15) is 4.39 Å². The van der Waals surface area contributed by atoms with E-state index in [1.54, 1.807) is 14.2 Å². The van der Waals surface area contributed by atoms with Gasteiger partial charge in [0.2, 0.25) is 5.95 Å². The first-order chi connectivity index (χ1) is 9.63. The summed E-state index contributed by atoms with van der Waals surface area (Å²) in [5.74, 6) is 1.17. The van der Waals surface area contributed by atoms with Crippen molar-refractivity contribution in [3.05, 3.63) is 42.1 Å². The second kappa shape index (κ2) is 6.18. The zero-order chi connectivity index (χ0) is 14.5. The smallest absolute Gasteiger partial charge is 0.217 e. The van der Waals surface area contributed by atoms with E-state index in [0.717, 1.165) is 5.56 Å². The molecule has 1 aromatic carbocycles. The van der Waals surface area contributed by atoms with Gasteiger partial charge in [0, 0.05) is 6.07 Å². The average Bonchev–Trinajstić information content (AvgIpc) is 2.46. The van der Waals surface area contributed by atoms with Crippen molar-refractivity contribution in [2.75, 3.05) is 19.5 Å². The van der Waals surface area contributed by atoms with Crippen LogP contribution in [0.1, 0.15) is 18.5 Å². The molecule has 0 saturated heterocycles. The summed E-state index contributed by atoms with van der Waals surface area (Å²) in [4.78, 5) is 7.38. The summed E-state index contributed by atoms with van der Waals surface area (Å²) in [6, 6.07) is 6.79. The van der Waals surface area contributed by atoms with Gasteiger partial charge in [-0.05, 0) is 24.6 Å². The SMILES string of the molecule is COc1ccc(C(C)Nc2cc(F)ncn2)cc1OC. The van der Waals surface area contributed by atoms with Crippen LogP contribution >= 0.6 is 0 Å². The van der Waals surface area contributed by atoms with Gasteiger partial charge in [-0.1, -0.05) is 6.07 Å². The van der Waals surface area contributed by atoms with Crippen molar-refractivity contribution in [1.82, 2.24) is 9.97 Å². The molecule has 0 aliphatic heterocycles. The Morgan fingerprint density at radius 1 is 1.10 bits per heavy atom. The number of anilines is 1. The molecule has 0 fully saturated rings. The molecule has 1 atom stereocenters. The van der Waals surface area contributed by atoms with Crippen LogP contribution in [0.25, 0.3) is 0 Å². The van der Waals surface area contributed by atoms with Crippen molar-refractivity contribution in [1.29, 1.82) is 0 Å². The molecule has 1 aromatic heterocycles. The quantitative estimate of drug-likeness (QED) is 0.852. The van der Waals surface area contributed by atoms with Gasteiger partial charge in [0.05, 0.1) is 20.3 Å². The molecule has 2 rings (SSSR count). The Morgan fingerprint density at radius 2 is 1.85 bits per heavy atom. The molecular formula is C14H16FN3O2. The van der Waals surface area contributed by atoms with Gasteiger partial charge < -0.3 is 14.8 Å². The molecule has 0 aliphatic rings. The second-order valence-electron chi connectivity index (χ2n) is 4.21. The second-order valence-corrected chi connectivity index (χ2v) is 4.21. The first kappa shape index (κ1) is 14.0. The zero-order valence-electron chi connectivity index (χ0n) is 11.6. The molecule has 0 amide bonds. The number of nitrogens with zero attached hydrogens (tertiary/aromatic N) is 2. The van der Waals surface area contributed by atoms with Crippen LogP contribution in [0.5, 0.6) is 11.5 Å². The number of ether oxygens (including phenoxy) is 2. The fourth-order valence-corrected chi connectivity index (χ4v) is 1.84. The number of nitrogens with one attached hydrogen (secondary N) is 1. The van der Waals surface area contributed by atoms with Gasteiger partial charge >= 0.3 is 0 Å². The maximum absolute atomic E-state index is 13.0. The molecule has 1 unspecified atom stereocenters. The molecule has 0 bridgehead atoms. The molecule has 1 N–H and O–H groups in total. The maximum atomic E-state index is 13.0. The molecule has 0 saturated carbocycles. The lowest BCUT2D eigenvalue weighted by Crippen LogP contribution is -2.08. The van der Waals surface area contributed by atoms with E-state index in [9.17, 15) is 4.39 Å². The Labute approximate surface area is 116 Å². The van der Waals surface area contributed by atoms with E-state index >= 15 is 0 Å². The van der Waals surface area contributed by atoms with E-state index in [0.29, 0.717) is 17.3 Å². The Balaban J connectivity index is 2.18. The molecule has 0 spiro atoms. The number of methoxy groups -OCH3 is 2. The number of benzene rings is 1. The molecule has 0 radical (unpaired) electrons. The maximum Gasteiger partial charge on any atom is 0.217 e. The van der Waals surface area contributed by atoms with Crippen LogP contribution in [0.4, 0.5) is 10.2 Å². The van der Waals surface area contributed by atoms with Crippen LogP contribution < -0.4 is 14.8 Å². The summed E-state index contributed by atoms with van der Waals surface area (Å²) in [5, 5.41) is 3.10. The summed E-state index contributed by atoms with van der Waals surface area (Å²) >= 11 is 0. The summed E-state index contributed by atoms with van der Waals surface area (Å²) < 4.78 is 23.5. The number of rotatable bonds is 5. The topological polar surface area (TPSA) is 56.3 Å². The first-order valence-electron chi connectivity index (χ1n) is 6.10. The predicted molar refractivity (Wildman–Crippen MR) is 73.6 cm³/mol. The fraction of sp³-hybridized carbons (Fsp3) is 0.286. The normalized spacial score (nSPS) is 11.8. The van der Waals surface area contributed by atoms with E-state index in [1.807, 2.05) is 25.1 Å². The summed E-state index contributed by atoms with van der Waals surface area (Å²) in [5.41, 5.74) is 0.974. The highest BCUT2D eigenvalue weighted by Gasteiger charge is 2.11. The fourth-order valence-electron chi connectivity index (χ4n) is 1.84. The molecular weight excluding hydrogens is 261 g/mol. The highest BCUT2D eigenvalue weighted by atomic mass is 19.1. The largest absolute Gasteiger partial charge is 0.493 e. The minimum atomic E-state index is -0.568. The minimum Gasteiger partial charge on any atom is -0.493 e. The summed E-state index contributed by atoms with van der Waals surface area (Å²) in [7, 11) is 3.17. The Kier molecular flexibility index (Phi) is 4.34. The van der Waals surface area contributed by atoms with E-state index in [1.165, 1.54) is 12.4 Å². The van der Waals surface area contributed by atoms with E-state index in [2.05, 4.69) is 15.3 Å². The van der Waals surface area contributed by atoms with Gasteiger partial charge in [0.1, 0.15) is 12.1 Å². The zero-order valence-corrected chi connectivity index (χ0v) is 11.6. The van der Waals surface area contributed by atoms with Gasteiger partial charge in [-0.25, -0.2) is 9.97 Å². The minimum absolute atomic E-state index is 0.0656. The van der Waals surface area contributed by atoms with Crippen LogP contribution in [0.2, 0.25) is 0 Å². The lowest BCUT2D eigenvalue weighted by molar-refractivity contribution is 0.354. The third kappa shape index (κ3) is 3.14. The first-order valence-corrected chi connectivity index (χ1v) is 6.10. The van der Waals surface area contributed by atoms with Crippen LogP contribution in [-0.2, 0) is 0 Å². The lowest BCUT2D eigenvalue weighted by Gasteiger charge is -2.16. The molecule has 5 nitrogen and oxygen atoms in total. The Bertz CT molecular complexity index is 592. The van der Waals surface area contributed by atoms with Crippen molar-refractivity contribution in [3.63, 3.8) is 0 Å². The van der Waals surface area contributed by atoms with Gasteiger partial charge in [0.25, 0.3) is 0 Å². The molecule has 106 valence electrons. The number of hydrogen-bond donors (Lipinski definition) is 1. The van der Waals surface area contributed by atoms with Gasteiger partial charge in [-0.15, -0.1) is 0 Å². The van der Waals surface area contributed by atoms with Crippen LogP contribution in [-0.4, -0.2) is 24.2 Å². The van der Waals surface area contributed by atoms with Crippen molar-refractivity contribution < 1.29 is 13.9 Å². The molecule has 2 aromatic rings. The van der Waals surface area contributed by atoms with E-state index in [4.69, 9.17) is 9.47 Å². The van der Waals surface area contributed by atoms with Crippen LogP contribution in [0.15, 0.2) is 30.6 Å². The molecule has 0 aliphatic carbocycles. The standard InChI is InChI=1S/C14H16FN3O2/c1-9(18-14-7-13(15)16-8-17-14)10-4-5-11(19-2)12(6-10)20-3/h4-9H,1-3H3,(H,16,17,18). The monoisotopic (exact) mass is 277 g/mol. The van der Waals surface area contributed by atoms with E-state index < -0.39 is 5.95 Å². The van der Waals surface area contributed by atoms with Crippen LogP contribution in [0.3, 0.4) is 0 Å². The van der Waals surface area contributed by atoms with Gasteiger partial charge in [-0.3, -0.25) is 0 Å². The van der Waals surface area contributed by atoms with Gasteiger partial charge in [0.15, 0.2) is 11.5 Å². The van der Waals surface area contributed by atoms with Crippen molar-refractivity contribution in [2.45, 2.75) is 13.0 Å². The summed E-state index contributed by atoms with van der Waals surface area (Å²) in [6.45, 7) is 1.95.